The molecule has 1 aliphatic heterocycles. The van der Waals surface area contributed by atoms with E-state index in [2.05, 4.69) is 10.6 Å². The summed E-state index contributed by atoms with van der Waals surface area (Å²) in [5.41, 5.74) is 3.34. The van der Waals surface area contributed by atoms with Gasteiger partial charge in [0.1, 0.15) is 6.04 Å². The topological polar surface area (TPSA) is 87.7 Å². The number of carboxylic acids is 1. The molecule has 1 aromatic heterocycles. The first kappa shape index (κ1) is 19.2. The van der Waals surface area contributed by atoms with Gasteiger partial charge < -0.3 is 20.5 Å². The number of ether oxygens (including phenoxy) is 1. The van der Waals surface area contributed by atoms with E-state index in [1.165, 1.54) is 18.3 Å². The van der Waals surface area contributed by atoms with Crippen LogP contribution in [0.2, 0.25) is 4.34 Å². The molecule has 0 spiro atoms. The summed E-state index contributed by atoms with van der Waals surface area (Å²) in [5, 5.41) is 16.4. The highest BCUT2D eigenvalue weighted by atomic mass is 35.5. The van der Waals surface area contributed by atoms with E-state index in [0.717, 1.165) is 21.7 Å². The third kappa shape index (κ3) is 3.74. The number of benzene rings is 1. The molecule has 2 heterocycles. The van der Waals surface area contributed by atoms with E-state index < -0.39 is 12.1 Å². The van der Waals surface area contributed by atoms with Crippen molar-refractivity contribution >= 4 is 39.8 Å². The lowest BCUT2D eigenvalue weighted by Gasteiger charge is -2.24. The molecule has 2 aromatic rings. The first-order chi connectivity index (χ1) is 13.4. The molecule has 3 N–H and O–H groups in total. The number of carbonyl (C=O) groups excluding carboxylic acids is 1. The zero-order valence-corrected chi connectivity index (χ0v) is 16.8. The summed E-state index contributed by atoms with van der Waals surface area (Å²) < 4.78 is 6.27. The van der Waals surface area contributed by atoms with Crippen LogP contribution in [-0.4, -0.2) is 41.8 Å². The number of anilines is 1. The molecule has 6 nitrogen and oxygen atoms in total. The lowest BCUT2D eigenvalue weighted by molar-refractivity contribution is -0.149. The van der Waals surface area contributed by atoms with Crippen molar-refractivity contribution in [3.63, 3.8) is 0 Å². The van der Waals surface area contributed by atoms with Gasteiger partial charge in [0.25, 0.3) is 0 Å². The van der Waals surface area contributed by atoms with Crippen molar-refractivity contribution in [1.82, 2.24) is 5.32 Å². The Hall–Kier alpha value is -2.09. The number of nitrogens with one attached hydrogen (secondary N) is 2. The summed E-state index contributed by atoms with van der Waals surface area (Å²) in [5.74, 6) is -1.13. The van der Waals surface area contributed by atoms with Crippen LogP contribution in [0.1, 0.15) is 29.5 Å². The molecule has 1 aromatic carbocycles. The van der Waals surface area contributed by atoms with Gasteiger partial charge in [-0.3, -0.25) is 4.79 Å². The van der Waals surface area contributed by atoms with Crippen LogP contribution >= 0.6 is 22.9 Å². The second-order valence-corrected chi connectivity index (χ2v) is 8.93. The second kappa shape index (κ2) is 7.73. The van der Waals surface area contributed by atoms with E-state index in [4.69, 9.17) is 21.4 Å². The fourth-order valence-corrected chi connectivity index (χ4v) is 5.13. The Kier molecular flexibility index (Phi) is 5.31. The molecular weight excluding hydrogens is 400 g/mol. The van der Waals surface area contributed by atoms with Crippen LogP contribution in [-0.2, 0) is 27.2 Å². The number of hydrogen-bond donors (Lipinski definition) is 3. The van der Waals surface area contributed by atoms with Gasteiger partial charge in [0.15, 0.2) is 6.10 Å². The predicted molar refractivity (Wildman–Crippen MR) is 108 cm³/mol. The van der Waals surface area contributed by atoms with Crippen LogP contribution in [0.15, 0.2) is 30.3 Å². The Balaban J connectivity index is 1.44. The number of hydrogen-bond acceptors (Lipinski definition) is 5. The fourth-order valence-electron chi connectivity index (χ4n) is 3.89. The van der Waals surface area contributed by atoms with Gasteiger partial charge >= 0.3 is 5.97 Å². The van der Waals surface area contributed by atoms with Crippen LogP contribution in [0.5, 0.6) is 0 Å². The summed E-state index contributed by atoms with van der Waals surface area (Å²) in [4.78, 5) is 23.9. The lowest BCUT2D eigenvalue weighted by Crippen LogP contribution is -2.46. The van der Waals surface area contributed by atoms with E-state index >= 15 is 0 Å². The number of fused-ring (bicyclic) bond motifs is 2. The van der Waals surface area contributed by atoms with Gasteiger partial charge in [0.05, 0.1) is 15.9 Å². The minimum absolute atomic E-state index is 0.0615. The minimum Gasteiger partial charge on any atom is -0.479 e. The molecule has 148 valence electrons. The SMILES string of the molecule is CC(OC[C@@H]1c2ccccc2C[C@H]1NC(=O)C1Cc2cc(Cl)sc2N1)C(=O)O. The molecule has 0 saturated carbocycles. The van der Waals surface area contributed by atoms with E-state index in [1.807, 2.05) is 30.3 Å². The average molecular weight is 421 g/mol. The molecule has 2 unspecified atom stereocenters. The number of carboxylic acid groups (broad SMARTS) is 1. The molecule has 0 radical (unpaired) electrons. The maximum absolute atomic E-state index is 12.9. The van der Waals surface area contributed by atoms with Crippen LogP contribution in [0, 0.1) is 0 Å². The summed E-state index contributed by atoms with van der Waals surface area (Å²) in [6, 6.07) is 9.45. The Labute approximate surface area is 171 Å². The fraction of sp³-hybridized carbons (Fsp3) is 0.400. The number of carbonyl (C=O) groups is 2. The third-order valence-corrected chi connectivity index (χ3v) is 6.64. The van der Waals surface area contributed by atoms with Crippen molar-refractivity contribution in [3.8, 4) is 0 Å². The average Bonchev–Trinajstić information content (AvgIpc) is 3.30. The second-order valence-electron chi connectivity index (χ2n) is 7.24. The molecule has 1 amide bonds. The molecule has 4 atom stereocenters. The molecule has 0 saturated heterocycles. The number of halogens is 1. The molecule has 2 aliphatic rings. The summed E-state index contributed by atoms with van der Waals surface area (Å²) in [6.45, 7) is 1.76. The van der Waals surface area contributed by atoms with Crippen molar-refractivity contribution in [2.24, 2.45) is 0 Å². The van der Waals surface area contributed by atoms with Gasteiger partial charge in [-0.05, 0) is 36.1 Å². The normalized spacial score (nSPS) is 23.6. The number of aliphatic carboxylic acids is 1. The Bertz CT molecular complexity index is 892. The van der Waals surface area contributed by atoms with E-state index in [-0.39, 0.29) is 30.5 Å². The smallest absolute Gasteiger partial charge is 0.332 e. The highest BCUT2D eigenvalue weighted by molar-refractivity contribution is 7.20. The lowest BCUT2D eigenvalue weighted by atomic mass is 9.98. The van der Waals surface area contributed by atoms with Crippen LogP contribution < -0.4 is 10.6 Å². The Morgan fingerprint density at radius 1 is 1.36 bits per heavy atom. The number of thiophene rings is 1. The number of amides is 1. The molecular formula is C20H21ClN2O4S. The summed E-state index contributed by atoms with van der Waals surface area (Å²) in [7, 11) is 0. The quantitative estimate of drug-likeness (QED) is 0.668. The third-order valence-electron chi connectivity index (χ3n) is 5.41. The molecule has 0 fully saturated rings. The monoisotopic (exact) mass is 420 g/mol. The molecule has 0 bridgehead atoms. The molecule has 1 aliphatic carbocycles. The first-order valence-electron chi connectivity index (χ1n) is 9.19. The van der Waals surface area contributed by atoms with Gasteiger partial charge in [0, 0.05) is 18.4 Å². The first-order valence-corrected chi connectivity index (χ1v) is 10.4. The van der Waals surface area contributed by atoms with Gasteiger partial charge in [-0.1, -0.05) is 35.9 Å². The maximum atomic E-state index is 12.9. The van der Waals surface area contributed by atoms with Gasteiger partial charge in [-0.25, -0.2) is 4.79 Å². The minimum atomic E-state index is -0.994. The van der Waals surface area contributed by atoms with Crippen molar-refractivity contribution in [1.29, 1.82) is 0 Å². The standard InChI is InChI=1S/C20H21ClN2O4S/c1-10(20(25)26)27-9-14-13-5-3-2-4-11(13)6-15(14)22-18(24)16-7-12-8-17(21)28-19(12)23-16/h2-5,8,10,14-16,23H,6-7,9H2,1H3,(H,22,24)(H,25,26)/t10?,14-,15-,16?/m1/s1. The van der Waals surface area contributed by atoms with Crippen LogP contribution in [0.25, 0.3) is 0 Å². The van der Waals surface area contributed by atoms with Crippen LogP contribution in [0.4, 0.5) is 5.00 Å². The van der Waals surface area contributed by atoms with Crippen LogP contribution in [0.3, 0.4) is 0 Å². The van der Waals surface area contributed by atoms with Gasteiger partial charge in [-0.15, -0.1) is 11.3 Å². The molecule has 4 rings (SSSR count). The van der Waals surface area contributed by atoms with E-state index in [1.54, 1.807) is 0 Å². The summed E-state index contributed by atoms with van der Waals surface area (Å²) >= 11 is 7.46. The van der Waals surface area contributed by atoms with E-state index in [9.17, 15) is 9.59 Å². The van der Waals surface area contributed by atoms with Gasteiger partial charge in [0.2, 0.25) is 5.91 Å². The Morgan fingerprint density at radius 2 is 2.14 bits per heavy atom. The summed E-state index contributed by atoms with van der Waals surface area (Å²) in [6.07, 6.45) is 0.431. The molecule has 28 heavy (non-hydrogen) atoms. The highest BCUT2D eigenvalue weighted by Crippen LogP contribution is 2.38. The zero-order valence-electron chi connectivity index (χ0n) is 15.3. The Morgan fingerprint density at radius 3 is 2.89 bits per heavy atom. The number of rotatable bonds is 6. The zero-order chi connectivity index (χ0) is 19.8. The van der Waals surface area contributed by atoms with Gasteiger partial charge in [-0.2, -0.15) is 0 Å². The van der Waals surface area contributed by atoms with Crippen molar-refractivity contribution in [2.75, 3.05) is 11.9 Å². The largest absolute Gasteiger partial charge is 0.479 e. The van der Waals surface area contributed by atoms with Crippen molar-refractivity contribution in [2.45, 2.75) is 43.9 Å². The maximum Gasteiger partial charge on any atom is 0.332 e. The molecule has 8 heteroatoms. The highest BCUT2D eigenvalue weighted by Gasteiger charge is 2.37. The van der Waals surface area contributed by atoms with Crippen molar-refractivity contribution in [3.05, 3.63) is 51.4 Å². The van der Waals surface area contributed by atoms with Crippen molar-refractivity contribution < 1.29 is 19.4 Å². The van der Waals surface area contributed by atoms with E-state index in [0.29, 0.717) is 17.2 Å². The predicted octanol–water partition coefficient (Wildman–Crippen LogP) is 3.05.